The second kappa shape index (κ2) is 11.7. The van der Waals surface area contributed by atoms with Crippen LogP contribution in [-0.4, -0.2) is 17.1 Å². The molecule has 5 N–H and O–H groups in total. The van der Waals surface area contributed by atoms with E-state index in [4.69, 9.17) is 10.5 Å². The normalized spacial score (nSPS) is 12.7. The van der Waals surface area contributed by atoms with E-state index in [0.29, 0.717) is 31.6 Å². The Balaban J connectivity index is 1.82. The van der Waals surface area contributed by atoms with Gasteiger partial charge in [0.05, 0.1) is 15.8 Å². The van der Waals surface area contributed by atoms with Gasteiger partial charge in [0, 0.05) is 21.6 Å². The number of nitrogens with one attached hydrogen (secondary N) is 2. The van der Waals surface area contributed by atoms with E-state index < -0.39 is 24.0 Å². The van der Waals surface area contributed by atoms with E-state index in [2.05, 4.69) is 42.5 Å². The zero-order valence-corrected chi connectivity index (χ0v) is 21.3. The molecule has 9 heteroatoms. The van der Waals surface area contributed by atoms with Gasteiger partial charge in [-0.2, -0.15) is 0 Å². The molecule has 0 unspecified atom stereocenters. The molecule has 0 aromatic heterocycles. The number of carbonyl (C=O) groups excluding carboxylic acids is 2. The van der Waals surface area contributed by atoms with Crippen LogP contribution < -0.4 is 16.4 Å². The fourth-order valence-corrected chi connectivity index (χ4v) is 4.42. The number of phenolic OH excluding ortho intramolecular Hbond substituents is 1. The molecule has 34 heavy (non-hydrogen) atoms. The van der Waals surface area contributed by atoms with Gasteiger partial charge in [-0.15, -0.1) is 0 Å². The number of halogens is 2. The van der Waals surface area contributed by atoms with Crippen LogP contribution in [-0.2, 0) is 9.53 Å². The molecule has 3 aromatic rings. The highest BCUT2D eigenvalue weighted by Crippen LogP contribution is 2.40. The maximum absolute atomic E-state index is 12.6. The second-order valence-electron chi connectivity index (χ2n) is 7.44. The first-order valence-electron chi connectivity index (χ1n) is 10.3. The van der Waals surface area contributed by atoms with E-state index >= 15 is 0 Å². The monoisotopic (exact) mass is 587 g/mol. The molecule has 0 bridgehead atoms. The zero-order chi connectivity index (χ0) is 24.7. The molecule has 0 aliphatic heterocycles. The van der Waals surface area contributed by atoms with Crippen LogP contribution in [0, 0.1) is 5.92 Å². The van der Waals surface area contributed by atoms with E-state index in [-0.39, 0.29) is 5.75 Å². The number of aromatic hydroxyl groups is 1. The van der Waals surface area contributed by atoms with Crippen LogP contribution >= 0.6 is 31.9 Å². The van der Waals surface area contributed by atoms with Crippen molar-refractivity contribution < 1.29 is 19.4 Å². The highest BCUT2D eigenvalue weighted by atomic mass is 79.9. The molecule has 0 aliphatic carbocycles. The van der Waals surface area contributed by atoms with Crippen molar-refractivity contribution in [1.82, 2.24) is 0 Å². The van der Waals surface area contributed by atoms with Crippen molar-refractivity contribution in [3.63, 3.8) is 0 Å². The SMILES string of the molecule is C[C@@H](/C=C/C(=O)Nc1ccccc1N)[C@@H](OC(=O)Nc1ccccc1)c1cc(Br)cc(Br)c1O. The molecule has 3 rings (SSSR count). The fraction of sp³-hybridized carbons (Fsp3) is 0.120. The van der Waals surface area contributed by atoms with E-state index in [1.54, 1.807) is 73.7 Å². The number of nitrogen functional groups attached to an aromatic ring is 1. The lowest BCUT2D eigenvalue weighted by atomic mass is 9.96. The highest BCUT2D eigenvalue weighted by molar-refractivity contribution is 9.11. The summed E-state index contributed by atoms with van der Waals surface area (Å²) >= 11 is 6.71. The predicted octanol–water partition coefficient (Wildman–Crippen LogP) is 6.62. The van der Waals surface area contributed by atoms with Crippen molar-refractivity contribution >= 4 is 60.9 Å². The second-order valence-corrected chi connectivity index (χ2v) is 9.21. The standard InChI is InChI=1S/C25H23Br2N3O4/c1-15(11-12-22(31)30-21-10-6-5-9-20(21)28)24(18-13-16(26)14-19(27)23(18)32)34-25(33)29-17-7-3-2-4-8-17/h2-15,24,32H,28H2,1H3,(H,29,33)(H,30,31)/b12-11+/t15-,24+/m0/s1. The summed E-state index contributed by atoms with van der Waals surface area (Å²) in [5.41, 5.74) is 7.74. The topological polar surface area (TPSA) is 114 Å². The quantitative estimate of drug-likeness (QED) is 0.183. The fourth-order valence-electron chi connectivity index (χ4n) is 3.17. The van der Waals surface area contributed by atoms with Gasteiger partial charge in [0.25, 0.3) is 0 Å². The lowest BCUT2D eigenvalue weighted by molar-refractivity contribution is -0.111. The Morgan fingerprint density at radius 2 is 1.71 bits per heavy atom. The number of hydrogen-bond donors (Lipinski definition) is 4. The number of carbonyl (C=O) groups is 2. The number of ether oxygens (including phenoxy) is 1. The molecule has 0 saturated carbocycles. The third kappa shape index (κ3) is 6.85. The Morgan fingerprint density at radius 3 is 2.41 bits per heavy atom. The lowest BCUT2D eigenvalue weighted by Gasteiger charge is -2.24. The minimum absolute atomic E-state index is 0.0672. The number of para-hydroxylation sites is 3. The molecule has 0 saturated heterocycles. The minimum Gasteiger partial charge on any atom is -0.506 e. The van der Waals surface area contributed by atoms with Crippen molar-refractivity contribution in [2.75, 3.05) is 16.4 Å². The number of nitrogens with two attached hydrogens (primary N) is 1. The van der Waals surface area contributed by atoms with Gasteiger partial charge in [-0.3, -0.25) is 10.1 Å². The summed E-state index contributed by atoms with van der Waals surface area (Å²) in [7, 11) is 0. The van der Waals surface area contributed by atoms with Crippen molar-refractivity contribution in [2.24, 2.45) is 5.92 Å². The number of phenols is 1. The van der Waals surface area contributed by atoms with Crippen LogP contribution in [0.4, 0.5) is 21.9 Å². The molecule has 176 valence electrons. The van der Waals surface area contributed by atoms with Gasteiger partial charge in [0.1, 0.15) is 11.9 Å². The summed E-state index contributed by atoms with van der Waals surface area (Å²) in [5, 5.41) is 16.0. The van der Waals surface area contributed by atoms with Gasteiger partial charge in [0.2, 0.25) is 5.91 Å². The van der Waals surface area contributed by atoms with Gasteiger partial charge in [-0.25, -0.2) is 4.79 Å². The third-order valence-corrected chi connectivity index (χ3v) is 5.93. The molecule has 0 heterocycles. The summed E-state index contributed by atoms with van der Waals surface area (Å²) < 4.78 is 6.82. The van der Waals surface area contributed by atoms with Crippen LogP contribution in [0.25, 0.3) is 0 Å². The summed E-state index contributed by atoms with van der Waals surface area (Å²) in [5.74, 6) is -0.938. The van der Waals surface area contributed by atoms with E-state index in [9.17, 15) is 14.7 Å². The maximum Gasteiger partial charge on any atom is 0.412 e. The third-order valence-electron chi connectivity index (χ3n) is 4.87. The molecule has 7 nitrogen and oxygen atoms in total. The molecule has 2 amide bonds. The van der Waals surface area contributed by atoms with E-state index in [1.807, 2.05) is 6.07 Å². The number of anilines is 3. The summed E-state index contributed by atoms with van der Waals surface area (Å²) in [4.78, 5) is 25.1. The minimum atomic E-state index is -0.900. The first-order chi connectivity index (χ1) is 16.2. The molecular weight excluding hydrogens is 566 g/mol. The van der Waals surface area contributed by atoms with Gasteiger partial charge < -0.3 is 20.9 Å². The van der Waals surface area contributed by atoms with Crippen LogP contribution in [0.1, 0.15) is 18.6 Å². The largest absolute Gasteiger partial charge is 0.506 e. The molecule has 2 atom stereocenters. The Morgan fingerprint density at radius 1 is 1.03 bits per heavy atom. The highest BCUT2D eigenvalue weighted by Gasteiger charge is 2.27. The molecular formula is C25H23Br2N3O4. The first-order valence-corrected chi connectivity index (χ1v) is 11.9. The van der Waals surface area contributed by atoms with Crippen LogP contribution in [0.5, 0.6) is 5.75 Å². The van der Waals surface area contributed by atoms with Crippen LogP contribution in [0.2, 0.25) is 0 Å². The van der Waals surface area contributed by atoms with Crippen LogP contribution in [0.15, 0.2) is 87.8 Å². The van der Waals surface area contributed by atoms with Crippen molar-refractivity contribution in [2.45, 2.75) is 13.0 Å². The average Bonchev–Trinajstić information content (AvgIpc) is 2.80. The van der Waals surface area contributed by atoms with Crippen molar-refractivity contribution in [3.8, 4) is 5.75 Å². The first kappa shape index (κ1) is 25.3. The number of hydrogen-bond acceptors (Lipinski definition) is 5. The maximum atomic E-state index is 12.6. The Bertz CT molecular complexity index is 1200. The summed E-state index contributed by atoms with van der Waals surface area (Å²) in [6, 6.07) is 19.1. The number of rotatable bonds is 7. The Hall–Kier alpha value is -3.30. The van der Waals surface area contributed by atoms with Gasteiger partial charge >= 0.3 is 6.09 Å². The van der Waals surface area contributed by atoms with E-state index in [0.717, 1.165) is 0 Å². The Kier molecular flexibility index (Phi) is 8.72. The lowest BCUT2D eigenvalue weighted by Crippen LogP contribution is -2.21. The Labute approximate surface area is 214 Å². The van der Waals surface area contributed by atoms with Crippen molar-refractivity contribution in [1.29, 1.82) is 0 Å². The van der Waals surface area contributed by atoms with Gasteiger partial charge in [0.15, 0.2) is 0 Å². The zero-order valence-electron chi connectivity index (χ0n) is 18.2. The molecule has 0 spiro atoms. The van der Waals surface area contributed by atoms with Gasteiger partial charge in [-0.05, 0) is 58.4 Å². The smallest absolute Gasteiger partial charge is 0.412 e. The van der Waals surface area contributed by atoms with Crippen LogP contribution in [0.3, 0.4) is 0 Å². The molecule has 0 fully saturated rings. The summed E-state index contributed by atoms with van der Waals surface area (Å²) in [6.07, 6.45) is 1.34. The molecule has 0 aliphatic rings. The van der Waals surface area contributed by atoms with E-state index in [1.165, 1.54) is 6.08 Å². The number of amides is 2. The molecule has 3 aromatic carbocycles. The molecule has 0 radical (unpaired) electrons. The predicted molar refractivity (Wildman–Crippen MR) is 141 cm³/mol. The average molecular weight is 589 g/mol. The van der Waals surface area contributed by atoms with Crippen molar-refractivity contribution in [3.05, 3.63) is 93.4 Å². The number of benzene rings is 3. The van der Waals surface area contributed by atoms with Gasteiger partial charge in [-0.1, -0.05) is 59.3 Å². The summed E-state index contributed by atoms with van der Waals surface area (Å²) in [6.45, 7) is 1.77.